The van der Waals surface area contributed by atoms with E-state index in [2.05, 4.69) is 11.2 Å². The minimum Gasteiger partial charge on any atom is -0.444 e. The Hall–Kier alpha value is -2.83. The lowest BCUT2D eigenvalue weighted by molar-refractivity contribution is 0.00578. The highest BCUT2D eigenvalue weighted by atomic mass is 16.7. The minimum atomic E-state index is -0.568. The standard InChI is InChI=1S/C23H29BN4O4/c1-21(2,3)30-20(29)27-9-8-15(13-27)18-10-17(14-28-19(18)16(11-25)12-26-28)24-31-22(4,5)23(6,7)32-24/h8,10,12,14H,9,13H2,1-7H3. The van der Waals surface area contributed by atoms with Crippen molar-refractivity contribution >= 4 is 29.8 Å². The number of rotatable bonds is 2. The van der Waals surface area contributed by atoms with E-state index in [1.54, 1.807) is 15.6 Å². The van der Waals surface area contributed by atoms with E-state index in [1.807, 2.05) is 66.8 Å². The second-order valence-corrected chi connectivity index (χ2v) is 10.3. The van der Waals surface area contributed by atoms with Crippen molar-refractivity contribution in [2.75, 3.05) is 13.1 Å². The smallest absolute Gasteiger partial charge is 0.444 e. The lowest BCUT2D eigenvalue weighted by atomic mass is 9.79. The maximum Gasteiger partial charge on any atom is 0.496 e. The van der Waals surface area contributed by atoms with E-state index in [0.29, 0.717) is 24.2 Å². The van der Waals surface area contributed by atoms with Crippen LogP contribution in [-0.4, -0.2) is 57.6 Å². The van der Waals surface area contributed by atoms with Gasteiger partial charge in [0, 0.05) is 30.3 Å². The summed E-state index contributed by atoms with van der Waals surface area (Å²) < 4.78 is 19.7. The van der Waals surface area contributed by atoms with Crippen molar-refractivity contribution in [3.05, 3.63) is 35.7 Å². The van der Waals surface area contributed by atoms with Gasteiger partial charge in [0.2, 0.25) is 0 Å². The van der Waals surface area contributed by atoms with E-state index in [1.165, 1.54) is 0 Å². The Labute approximate surface area is 188 Å². The van der Waals surface area contributed by atoms with Crippen molar-refractivity contribution in [3.8, 4) is 6.07 Å². The van der Waals surface area contributed by atoms with Gasteiger partial charge in [-0.2, -0.15) is 10.4 Å². The number of amides is 1. The second-order valence-electron chi connectivity index (χ2n) is 10.3. The summed E-state index contributed by atoms with van der Waals surface area (Å²) in [6.45, 7) is 14.4. The van der Waals surface area contributed by atoms with Crippen LogP contribution in [0, 0.1) is 11.3 Å². The molecule has 4 heterocycles. The normalized spacial score (nSPS) is 19.9. The zero-order valence-electron chi connectivity index (χ0n) is 19.7. The molecule has 9 heteroatoms. The molecule has 2 aromatic heterocycles. The van der Waals surface area contributed by atoms with Crippen molar-refractivity contribution < 1.29 is 18.8 Å². The Morgan fingerprint density at radius 2 is 1.91 bits per heavy atom. The Kier molecular flexibility index (Phi) is 5.14. The fourth-order valence-corrected chi connectivity index (χ4v) is 3.79. The number of hydrogen-bond donors (Lipinski definition) is 0. The Balaban J connectivity index is 1.71. The van der Waals surface area contributed by atoms with E-state index in [9.17, 15) is 10.1 Å². The molecule has 2 aliphatic rings. The number of carbonyl (C=O) groups is 1. The van der Waals surface area contributed by atoms with Crippen molar-refractivity contribution in [1.29, 1.82) is 5.26 Å². The molecule has 0 spiro atoms. The zero-order valence-corrected chi connectivity index (χ0v) is 19.7. The molecule has 4 rings (SSSR count). The molecule has 0 N–H and O–H groups in total. The first-order valence-corrected chi connectivity index (χ1v) is 10.8. The van der Waals surface area contributed by atoms with Crippen LogP contribution in [0.5, 0.6) is 0 Å². The highest BCUT2D eigenvalue weighted by molar-refractivity contribution is 6.62. The summed E-state index contributed by atoms with van der Waals surface area (Å²) in [5.74, 6) is 0. The number of aromatic nitrogens is 2. The molecule has 0 unspecified atom stereocenters. The van der Waals surface area contributed by atoms with Crippen LogP contribution >= 0.6 is 0 Å². The van der Waals surface area contributed by atoms with Crippen LogP contribution in [0.3, 0.4) is 0 Å². The average Bonchev–Trinajstić information content (AvgIpc) is 3.36. The van der Waals surface area contributed by atoms with Crippen molar-refractivity contribution in [1.82, 2.24) is 14.5 Å². The van der Waals surface area contributed by atoms with Gasteiger partial charge in [-0.1, -0.05) is 12.1 Å². The van der Waals surface area contributed by atoms with Crippen molar-refractivity contribution in [3.63, 3.8) is 0 Å². The van der Waals surface area contributed by atoms with Gasteiger partial charge in [-0.25, -0.2) is 9.31 Å². The summed E-state index contributed by atoms with van der Waals surface area (Å²) >= 11 is 0. The summed E-state index contributed by atoms with van der Waals surface area (Å²) in [4.78, 5) is 14.2. The van der Waals surface area contributed by atoms with Gasteiger partial charge in [-0.05, 0) is 54.0 Å². The van der Waals surface area contributed by atoms with E-state index in [0.717, 1.165) is 16.6 Å². The molecule has 1 saturated heterocycles. The molecule has 0 atom stereocenters. The Morgan fingerprint density at radius 1 is 1.25 bits per heavy atom. The van der Waals surface area contributed by atoms with Crippen LogP contribution in [0.1, 0.15) is 59.6 Å². The Morgan fingerprint density at radius 3 is 2.50 bits per heavy atom. The van der Waals surface area contributed by atoms with Crippen LogP contribution < -0.4 is 5.46 Å². The molecule has 0 radical (unpaired) electrons. The molecule has 8 nitrogen and oxygen atoms in total. The third kappa shape index (κ3) is 3.89. The fraction of sp³-hybridized carbons (Fsp3) is 0.522. The van der Waals surface area contributed by atoms with Gasteiger partial charge in [0.05, 0.1) is 28.5 Å². The molecule has 32 heavy (non-hydrogen) atoms. The highest BCUT2D eigenvalue weighted by Gasteiger charge is 2.52. The van der Waals surface area contributed by atoms with Crippen LogP contribution in [-0.2, 0) is 14.0 Å². The quantitative estimate of drug-likeness (QED) is 0.673. The third-order valence-electron chi connectivity index (χ3n) is 6.20. The highest BCUT2D eigenvalue weighted by Crippen LogP contribution is 2.37. The van der Waals surface area contributed by atoms with E-state index in [-0.39, 0.29) is 6.09 Å². The Bertz CT molecular complexity index is 1140. The summed E-state index contributed by atoms with van der Waals surface area (Å²) in [5.41, 5.74) is 2.21. The van der Waals surface area contributed by atoms with Gasteiger partial charge in [0.25, 0.3) is 0 Å². The largest absolute Gasteiger partial charge is 0.496 e. The second kappa shape index (κ2) is 7.36. The van der Waals surface area contributed by atoms with Crippen LogP contribution in [0.4, 0.5) is 4.79 Å². The van der Waals surface area contributed by atoms with Gasteiger partial charge < -0.3 is 18.9 Å². The van der Waals surface area contributed by atoms with Crippen molar-refractivity contribution in [2.45, 2.75) is 65.3 Å². The van der Waals surface area contributed by atoms with Gasteiger partial charge in [-0.3, -0.25) is 0 Å². The van der Waals surface area contributed by atoms with Gasteiger partial charge in [0.15, 0.2) is 0 Å². The molecule has 168 valence electrons. The summed E-state index contributed by atoms with van der Waals surface area (Å²) in [5, 5.41) is 14.0. The SMILES string of the molecule is CC(C)(C)OC(=O)N1CC=C(c2cc(B3OC(C)(C)C(C)(C)O3)cn3ncc(C#N)c23)C1. The summed E-state index contributed by atoms with van der Waals surface area (Å²) in [7, 11) is -0.568. The first-order chi connectivity index (χ1) is 14.8. The van der Waals surface area contributed by atoms with E-state index >= 15 is 0 Å². The number of hydrogen-bond acceptors (Lipinski definition) is 6. The van der Waals surface area contributed by atoms with Gasteiger partial charge >= 0.3 is 13.2 Å². The van der Waals surface area contributed by atoms with Crippen LogP contribution in [0.2, 0.25) is 0 Å². The number of fused-ring (bicyclic) bond motifs is 1. The molecule has 1 fully saturated rings. The molecule has 0 bridgehead atoms. The van der Waals surface area contributed by atoms with E-state index in [4.69, 9.17) is 14.0 Å². The topological polar surface area (TPSA) is 89.1 Å². The molecule has 0 aromatic carbocycles. The zero-order chi connectivity index (χ0) is 23.5. The van der Waals surface area contributed by atoms with E-state index < -0.39 is 23.9 Å². The molecule has 1 amide bonds. The molecule has 0 saturated carbocycles. The molecular formula is C23H29BN4O4. The number of carbonyl (C=O) groups excluding carboxylic acids is 1. The molecule has 0 aliphatic carbocycles. The first-order valence-electron chi connectivity index (χ1n) is 10.8. The summed E-state index contributed by atoms with van der Waals surface area (Å²) in [6.07, 6.45) is 5.01. The first kappa shape index (κ1) is 22.4. The van der Waals surface area contributed by atoms with Gasteiger partial charge in [0.1, 0.15) is 11.7 Å². The lowest BCUT2D eigenvalue weighted by Crippen LogP contribution is -2.41. The number of nitrogens with zero attached hydrogens (tertiary/aromatic N) is 4. The maximum atomic E-state index is 12.6. The average molecular weight is 436 g/mol. The number of nitriles is 1. The predicted molar refractivity (Wildman–Crippen MR) is 121 cm³/mol. The summed E-state index contributed by atoms with van der Waals surface area (Å²) in [6, 6.07) is 4.19. The third-order valence-corrected chi connectivity index (χ3v) is 6.20. The molecule has 2 aromatic rings. The lowest BCUT2D eigenvalue weighted by Gasteiger charge is -2.32. The number of ether oxygens (including phenoxy) is 1. The minimum absolute atomic E-state index is 0.365. The van der Waals surface area contributed by atoms with Crippen LogP contribution in [0.25, 0.3) is 11.1 Å². The fourth-order valence-electron chi connectivity index (χ4n) is 3.79. The number of pyridine rings is 1. The monoisotopic (exact) mass is 436 g/mol. The predicted octanol–water partition coefficient (Wildman–Crippen LogP) is 3.14. The van der Waals surface area contributed by atoms with Crippen LogP contribution in [0.15, 0.2) is 24.5 Å². The molecular weight excluding hydrogens is 407 g/mol. The maximum absolute atomic E-state index is 12.6. The van der Waals surface area contributed by atoms with Crippen molar-refractivity contribution in [2.24, 2.45) is 0 Å². The molecule has 2 aliphatic heterocycles. The van der Waals surface area contributed by atoms with Gasteiger partial charge in [-0.15, -0.1) is 0 Å².